The number of rotatable bonds is 6. The molecule has 156 valence electrons. The average molecular weight is 431 g/mol. The highest BCUT2D eigenvalue weighted by atomic mass is 32.2. The summed E-state index contributed by atoms with van der Waals surface area (Å²) in [6.07, 6.45) is 3.23. The van der Waals surface area contributed by atoms with Crippen LogP contribution in [0.25, 0.3) is 0 Å². The summed E-state index contributed by atoms with van der Waals surface area (Å²) in [5.74, 6) is 0. The fourth-order valence-electron chi connectivity index (χ4n) is 4.15. The van der Waals surface area contributed by atoms with Gasteiger partial charge in [-0.25, -0.2) is 8.42 Å². The van der Waals surface area contributed by atoms with Crippen molar-refractivity contribution in [3.05, 3.63) is 59.2 Å². The van der Waals surface area contributed by atoms with E-state index in [1.165, 1.54) is 33.8 Å². The molecule has 0 aromatic heterocycles. The van der Waals surface area contributed by atoms with Crippen molar-refractivity contribution in [3.63, 3.8) is 0 Å². The molecule has 2 heterocycles. The Labute approximate surface area is 179 Å². The summed E-state index contributed by atoms with van der Waals surface area (Å²) in [7, 11) is -3.35. The molecule has 0 aliphatic carbocycles. The van der Waals surface area contributed by atoms with E-state index in [0.717, 1.165) is 31.6 Å². The van der Waals surface area contributed by atoms with E-state index in [-0.39, 0.29) is 0 Å². The third-order valence-corrected chi connectivity index (χ3v) is 9.58. The van der Waals surface area contributed by atoms with Crippen LogP contribution in [0.2, 0.25) is 0 Å². The number of fused-ring (bicyclic) bond motifs is 2. The van der Waals surface area contributed by atoms with E-state index in [1.807, 2.05) is 13.0 Å². The summed E-state index contributed by atoms with van der Waals surface area (Å²) in [4.78, 5) is 4.92. The number of nitrogens with zero attached hydrogens (tertiary/aromatic N) is 2. The lowest BCUT2D eigenvalue weighted by atomic mass is 10.0. The van der Waals surface area contributed by atoms with Crippen LogP contribution in [0.15, 0.2) is 52.3 Å². The van der Waals surface area contributed by atoms with Crippen molar-refractivity contribution in [2.75, 3.05) is 32.7 Å². The van der Waals surface area contributed by atoms with Gasteiger partial charge in [0.2, 0.25) is 10.0 Å². The zero-order valence-electron chi connectivity index (χ0n) is 17.3. The van der Waals surface area contributed by atoms with Crippen molar-refractivity contribution < 1.29 is 8.42 Å². The Morgan fingerprint density at radius 1 is 1.00 bits per heavy atom. The first kappa shape index (κ1) is 20.9. The van der Waals surface area contributed by atoms with Gasteiger partial charge in [-0.3, -0.25) is 0 Å². The minimum atomic E-state index is -3.35. The van der Waals surface area contributed by atoms with Gasteiger partial charge in [0.25, 0.3) is 0 Å². The smallest absolute Gasteiger partial charge is 0.220 e. The molecule has 0 saturated carbocycles. The molecule has 0 bridgehead atoms. The molecule has 0 spiro atoms. The minimum absolute atomic E-state index is 0.517. The fourth-order valence-corrected chi connectivity index (χ4v) is 6.81. The summed E-state index contributed by atoms with van der Waals surface area (Å²) in [6.45, 7) is 7.98. The van der Waals surface area contributed by atoms with Gasteiger partial charge in [-0.2, -0.15) is 4.31 Å². The molecular weight excluding hydrogens is 400 g/mol. The maximum Gasteiger partial charge on any atom is 0.220 e. The highest BCUT2D eigenvalue weighted by Crippen LogP contribution is 2.40. The van der Waals surface area contributed by atoms with E-state index in [2.05, 4.69) is 48.2 Å². The van der Waals surface area contributed by atoms with Gasteiger partial charge < -0.3 is 4.90 Å². The average Bonchev–Trinajstić information content (AvgIpc) is 2.75. The maximum atomic E-state index is 13.3. The first-order chi connectivity index (χ1) is 14.0. The highest BCUT2D eigenvalue weighted by Gasteiger charge is 2.33. The molecule has 2 aromatic rings. The van der Waals surface area contributed by atoms with Crippen molar-refractivity contribution >= 4 is 21.8 Å². The first-order valence-corrected chi connectivity index (χ1v) is 12.9. The molecule has 0 amide bonds. The number of sulfonamides is 1. The largest absolute Gasteiger partial charge is 0.301 e. The number of piperazine rings is 1. The monoisotopic (exact) mass is 430 g/mol. The standard InChI is InChI=1S/C23H30N2O2S2/c1-3-4-11-24-12-14-25(15-13-24)29(26,27)18(2)19-9-10-23-21(16-19)17-20-7-5-6-8-22(20)28-23/h5-10,16,18H,3-4,11-15,17H2,1-2H3. The molecule has 4 nitrogen and oxygen atoms in total. The quantitative estimate of drug-likeness (QED) is 0.575. The van der Waals surface area contributed by atoms with Gasteiger partial charge in [0.15, 0.2) is 0 Å². The lowest BCUT2D eigenvalue weighted by Crippen LogP contribution is -2.49. The second-order valence-electron chi connectivity index (χ2n) is 8.04. The van der Waals surface area contributed by atoms with E-state index >= 15 is 0 Å². The fraction of sp³-hybridized carbons (Fsp3) is 0.478. The minimum Gasteiger partial charge on any atom is -0.301 e. The van der Waals surface area contributed by atoms with Crippen molar-refractivity contribution in [2.45, 2.75) is 48.2 Å². The normalized spacial score (nSPS) is 18.8. The summed E-state index contributed by atoms with van der Waals surface area (Å²) in [5.41, 5.74) is 3.45. The Kier molecular flexibility index (Phi) is 6.35. The maximum absolute atomic E-state index is 13.3. The van der Waals surface area contributed by atoms with Gasteiger partial charge >= 0.3 is 0 Å². The van der Waals surface area contributed by atoms with Crippen LogP contribution in [0.5, 0.6) is 0 Å². The van der Waals surface area contributed by atoms with Gasteiger partial charge in [0, 0.05) is 36.0 Å². The van der Waals surface area contributed by atoms with Crippen LogP contribution in [0, 0.1) is 0 Å². The second kappa shape index (κ2) is 8.80. The highest BCUT2D eigenvalue weighted by molar-refractivity contribution is 7.99. The van der Waals surface area contributed by atoms with Crippen LogP contribution in [-0.2, 0) is 16.4 Å². The number of hydrogen-bond donors (Lipinski definition) is 0. The summed E-state index contributed by atoms with van der Waals surface area (Å²) < 4.78 is 28.2. The Hall–Kier alpha value is -1.34. The second-order valence-corrected chi connectivity index (χ2v) is 11.4. The van der Waals surface area contributed by atoms with E-state index in [0.29, 0.717) is 13.1 Å². The molecule has 2 aromatic carbocycles. The van der Waals surface area contributed by atoms with Crippen molar-refractivity contribution in [2.24, 2.45) is 0 Å². The van der Waals surface area contributed by atoms with Crippen molar-refractivity contribution in [3.8, 4) is 0 Å². The molecule has 1 unspecified atom stereocenters. The van der Waals surface area contributed by atoms with Gasteiger partial charge in [-0.05, 0) is 55.1 Å². The Morgan fingerprint density at radius 2 is 1.72 bits per heavy atom. The van der Waals surface area contributed by atoms with Crippen LogP contribution >= 0.6 is 11.8 Å². The van der Waals surface area contributed by atoms with Crippen LogP contribution in [-0.4, -0.2) is 50.3 Å². The van der Waals surface area contributed by atoms with Crippen LogP contribution in [0.4, 0.5) is 0 Å². The van der Waals surface area contributed by atoms with Gasteiger partial charge in [-0.15, -0.1) is 0 Å². The molecular formula is C23H30N2O2S2. The molecule has 4 rings (SSSR count). The molecule has 0 N–H and O–H groups in total. The molecule has 6 heteroatoms. The van der Waals surface area contributed by atoms with Crippen LogP contribution in [0.1, 0.15) is 48.6 Å². The van der Waals surface area contributed by atoms with E-state index in [4.69, 9.17) is 0 Å². The van der Waals surface area contributed by atoms with Gasteiger partial charge in [-0.1, -0.05) is 55.4 Å². The van der Waals surface area contributed by atoms with Gasteiger partial charge in [0.1, 0.15) is 0 Å². The molecule has 1 fully saturated rings. The predicted molar refractivity (Wildman–Crippen MR) is 120 cm³/mol. The molecule has 2 aliphatic rings. The first-order valence-electron chi connectivity index (χ1n) is 10.6. The zero-order valence-corrected chi connectivity index (χ0v) is 18.9. The number of benzene rings is 2. The lowest BCUT2D eigenvalue weighted by Gasteiger charge is -2.35. The lowest BCUT2D eigenvalue weighted by molar-refractivity contribution is 0.185. The number of unbranched alkanes of at least 4 members (excludes halogenated alkanes) is 1. The number of hydrogen-bond acceptors (Lipinski definition) is 4. The van der Waals surface area contributed by atoms with E-state index < -0.39 is 15.3 Å². The molecule has 1 atom stereocenters. The molecule has 1 saturated heterocycles. The third-order valence-electron chi connectivity index (χ3n) is 6.09. The van der Waals surface area contributed by atoms with Crippen LogP contribution < -0.4 is 0 Å². The van der Waals surface area contributed by atoms with Crippen molar-refractivity contribution in [1.29, 1.82) is 0 Å². The van der Waals surface area contributed by atoms with Crippen molar-refractivity contribution in [1.82, 2.24) is 9.21 Å². The summed E-state index contributed by atoms with van der Waals surface area (Å²) in [5, 5.41) is -0.517. The Morgan fingerprint density at radius 3 is 2.48 bits per heavy atom. The Balaban J connectivity index is 1.48. The zero-order chi connectivity index (χ0) is 20.4. The van der Waals surface area contributed by atoms with E-state index in [9.17, 15) is 8.42 Å². The summed E-state index contributed by atoms with van der Waals surface area (Å²) >= 11 is 1.78. The molecule has 0 radical (unpaired) electrons. The molecule has 29 heavy (non-hydrogen) atoms. The van der Waals surface area contributed by atoms with Crippen LogP contribution in [0.3, 0.4) is 0 Å². The topological polar surface area (TPSA) is 40.6 Å². The predicted octanol–water partition coefficient (Wildman–Crippen LogP) is 4.55. The Bertz CT molecular complexity index is 967. The third kappa shape index (κ3) is 4.41. The summed E-state index contributed by atoms with van der Waals surface area (Å²) in [6, 6.07) is 14.7. The van der Waals surface area contributed by atoms with E-state index in [1.54, 1.807) is 16.1 Å². The SMILES string of the molecule is CCCCN1CCN(S(=O)(=O)C(C)c2ccc3c(c2)Cc2ccccc2S3)CC1. The molecule has 2 aliphatic heterocycles. The van der Waals surface area contributed by atoms with Gasteiger partial charge in [0.05, 0.1) is 5.25 Å².